The normalized spacial score (nSPS) is 17.1. The number of carbonyl (C=O) groups is 1. The van der Waals surface area contributed by atoms with Gasteiger partial charge in [0.05, 0.1) is 16.8 Å². The van der Waals surface area contributed by atoms with Gasteiger partial charge in [0, 0.05) is 24.0 Å². The van der Waals surface area contributed by atoms with Crippen molar-refractivity contribution >= 4 is 27.3 Å². The molecular formula is C15H20N4O3S2. The van der Waals surface area contributed by atoms with Gasteiger partial charge in [-0.05, 0) is 38.0 Å². The quantitative estimate of drug-likeness (QED) is 0.857. The summed E-state index contributed by atoms with van der Waals surface area (Å²) in [6.45, 7) is 2.90. The lowest BCUT2D eigenvalue weighted by molar-refractivity contribution is 0.0919. The smallest absolute Gasteiger partial charge is 0.272 e. The molecule has 130 valence electrons. The van der Waals surface area contributed by atoms with Crippen molar-refractivity contribution in [3.8, 4) is 10.6 Å². The number of nitrogens with zero attached hydrogens (tertiary/aromatic N) is 2. The molecule has 0 aliphatic carbocycles. The van der Waals surface area contributed by atoms with Crippen LogP contribution in [0.2, 0.25) is 0 Å². The SMILES string of the molecule is Cc1ccc(-c2cc(C(=O)NC3CCN(S(C)(=O)=O)CC3)n[nH]2)s1. The second kappa shape index (κ2) is 6.66. The molecule has 9 heteroatoms. The zero-order valence-corrected chi connectivity index (χ0v) is 15.2. The molecule has 0 spiro atoms. The minimum Gasteiger partial charge on any atom is -0.348 e. The van der Waals surface area contributed by atoms with Gasteiger partial charge in [0.2, 0.25) is 10.0 Å². The molecule has 7 nitrogen and oxygen atoms in total. The topological polar surface area (TPSA) is 95.2 Å². The maximum atomic E-state index is 12.3. The van der Waals surface area contributed by atoms with Crippen LogP contribution >= 0.6 is 11.3 Å². The lowest BCUT2D eigenvalue weighted by Crippen LogP contribution is -2.46. The molecule has 0 unspecified atom stereocenters. The molecule has 0 atom stereocenters. The standard InChI is InChI=1S/C15H20N4O3S2/c1-10-3-4-14(23-10)12-9-13(18-17-12)15(20)16-11-5-7-19(8-6-11)24(2,21)22/h3-4,9,11H,5-8H2,1-2H3,(H,16,20)(H,17,18). The van der Waals surface area contributed by atoms with Crippen molar-refractivity contribution in [2.75, 3.05) is 19.3 Å². The molecule has 1 aliphatic rings. The summed E-state index contributed by atoms with van der Waals surface area (Å²) in [4.78, 5) is 14.6. The van der Waals surface area contributed by atoms with E-state index in [1.54, 1.807) is 17.4 Å². The van der Waals surface area contributed by atoms with E-state index in [4.69, 9.17) is 0 Å². The van der Waals surface area contributed by atoms with Gasteiger partial charge in [-0.2, -0.15) is 5.10 Å². The van der Waals surface area contributed by atoms with E-state index >= 15 is 0 Å². The molecule has 3 heterocycles. The highest BCUT2D eigenvalue weighted by atomic mass is 32.2. The summed E-state index contributed by atoms with van der Waals surface area (Å²) in [5.74, 6) is -0.233. The Morgan fingerprint density at radius 3 is 2.67 bits per heavy atom. The van der Waals surface area contributed by atoms with Crippen LogP contribution in [0.5, 0.6) is 0 Å². The maximum absolute atomic E-state index is 12.3. The monoisotopic (exact) mass is 368 g/mol. The van der Waals surface area contributed by atoms with Crippen LogP contribution in [0.25, 0.3) is 10.6 Å². The summed E-state index contributed by atoms with van der Waals surface area (Å²) in [5.41, 5.74) is 1.17. The lowest BCUT2D eigenvalue weighted by Gasteiger charge is -2.30. The molecule has 2 N–H and O–H groups in total. The molecule has 2 aromatic heterocycles. The number of hydrogen-bond donors (Lipinski definition) is 2. The van der Waals surface area contributed by atoms with Crippen molar-refractivity contribution in [2.45, 2.75) is 25.8 Å². The molecule has 1 amide bonds. The summed E-state index contributed by atoms with van der Waals surface area (Å²) in [6.07, 6.45) is 2.43. The molecule has 24 heavy (non-hydrogen) atoms. The Hall–Kier alpha value is -1.71. The Labute approximate surface area is 145 Å². The first-order valence-electron chi connectivity index (χ1n) is 7.71. The molecule has 0 aromatic carbocycles. The van der Waals surface area contributed by atoms with Gasteiger partial charge in [-0.1, -0.05) is 0 Å². The third-order valence-corrected chi connectivity index (χ3v) is 6.41. The number of aryl methyl sites for hydroxylation is 1. The van der Waals surface area contributed by atoms with Gasteiger partial charge in [-0.15, -0.1) is 11.3 Å². The number of sulfonamides is 1. The van der Waals surface area contributed by atoms with Crippen LogP contribution in [-0.2, 0) is 10.0 Å². The average Bonchev–Trinajstić information content (AvgIpc) is 3.15. The van der Waals surface area contributed by atoms with Crippen LogP contribution in [-0.4, -0.2) is 54.2 Å². The van der Waals surface area contributed by atoms with Crippen molar-refractivity contribution in [1.82, 2.24) is 19.8 Å². The number of amides is 1. The average molecular weight is 368 g/mol. The molecular weight excluding hydrogens is 348 g/mol. The van der Waals surface area contributed by atoms with Gasteiger partial charge in [-0.25, -0.2) is 12.7 Å². The molecule has 0 radical (unpaired) electrons. The Balaban J connectivity index is 1.59. The first-order chi connectivity index (χ1) is 11.3. The molecule has 3 rings (SSSR count). The van der Waals surface area contributed by atoms with Gasteiger partial charge in [0.15, 0.2) is 5.69 Å². The zero-order chi connectivity index (χ0) is 17.3. The van der Waals surface area contributed by atoms with E-state index in [2.05, 4.69) is 15.5 Å². The molecule has 2 aromatic rings. The Morgan fingerprint density at radius 1 is 1.38 bits per heavy atom. The zero-order valence-electron chi connectivity index (χ0n) is 13.6. The van der Waals surface area contributed by atoms with Crippen LogP contribution in [0.4, 0.5) is 0 Å². The van der Waals surface area contributed by atoms with E-state index in [1.165, 1.54) is 15.4 Å². The number of hydrogen-bond acceptors (Lipinski definition) is 5. The number of carbonyl (C=O) groups excluding carboxylic acids is 1. The van der Waals surface area contributed by atoms with Crippen molar-refractivity contribution in [1.29, 1.82) is 0 Å². The minimum atomic E-state index is -3.15. The number of H-pyrrole nitrogens is 1. The third-order valence-electron chi connectivity index (χ3n) is 4.07. The Morgan fingerprint density at radius 2 is 2.08 bits per heavy atom. The summed E-state index contributed by atoms with van der Waals surface area (Å²) in [5, 5.41) is 9.91. The predicted octanol–water partition coefficient (Wildman–Crippen LogP) is 1.60. The van der Waals surface area contributed by atoms with Crippen LogP contribution in [0.1, 0.15) is 28.2 Å². The number of thiophene rings is 1. The van der Waals surface area contributed by atoms with E-state index in [9.17, 15) is 13.2 Å². The minimum absolute atomic E-state index is 0.0281. The number of rotatable bonds is 4. The van der Waals surface area contributed by atoms with Crippen LogP contribution in [0, 0.1) is 6.92 Å². The Kier molecular flexibility index (Phi) is 4.75. The van der Waals surface area contributed by atoms with Crippen LogP contribution in [0.3, 0.4) is 0 Å². The van der Waals surface area contributed by atoms with Crippen LogP contribution in [0.15, 0.2) is 18.2 Å². The fourth-order valence-corrected chi connectivity index (χ4v) is 4.44. The summed E-state index contributed by atoms with van der Waals surface area (Å²) in [7, 11) is -3.15. The van der Waals surface area contributed by atoms with Gasteiger partial charge in [0.25, 0.3) is 5.91 Å². The van der Waals surface area contributed by atoms with E-state index in [0.29, 0.717) is 31.6 Å². The highest BCUT2D eigenvalue weighted by Crippen LogP contribution is 2.26. The maximum Gasteiger partial charge on any atom is 0.272 e. The van der Waals surface area contributed by atoms with Gasteiger partial charge < -0.3 is 5.32 Å². The van der Waals surface area contributed by atoms with E-state index in [0.717, 1.165) is 10.6 Å². The molecule has 1 saturated heterocycles. The van der Waals surface area contributed by atoms with Gasteiger partial charge in [-0.3, -0.25) is 9.89 Å². The highest BCUT2D eigenvalue weighted by molar-refractivity contribution is 7.88. The molecule has 1 fully saturated rings. The first kappa shape index (κ1) is 17.1. The van der Waals surface area contributed by atoms with Crippen molar-refractivity contribution in [3.05, 3.63) is 28.8 Å². The number of nitrogens with one attached hydrogen (secondary N) is 2. The summed E-state index contributed by atoms with van der Waals surface area (Å²) >= 11 is 1.64. The second-order valence-electron chi connectivity index (χ2n) is 5.99. The Bertz CT molecular complexity index is 833. The summed E-state index contributed by atoms with van der Waals surface area (Å²) < 4.78 is 24.4. The second-order valence-corrected chi connectivity index (χ2v) is 9.26. The summed E-state index contributed by atoms with van der Waals surface area (Å²) in [6, 6.07) is 5.73. The van der Waals surface area contributed by atoms with Gasteiger partial charge in [0.1, 0.15) is 0 Å². The third kappa shape index (κ3) is 3.85. The van der Waals surface area contributed by atoms with E-state index in [1.807, 2.05) is 19.1 Å². The van der Waals surface area contributed by atoms with E-state index < -0.39 is 10.0 Å². The highest BCUT2D eigenvalue weighted by Gasteiger charge is 2.26. The molecule has 1 aliphatic heterocycles. The number of piperidine rings is 1. The van der Waals surface area contributed by atoms with Gasteiger partial charge >= 0.3 is 0 Å². The first-order valence-corrected chi connectivity index (χ1v) is 10.4. The van der Waals surface area contributed by atoms with Crippen LogP contribution < -0.4 is 5.32 Å². The number of aromatic nitrogens is 2. The fourth-order valence-electron chi connectivity index (χ4n) is 2.73. The predicted molar refractivity (Wildman–Crippen MR) is 93.5 cm³/mol. The number of aromatic amines is 1. The van der Waals surface area contributed by atoms with Crippen molar-refractivity contribution in [2.24, 2.45) is 0 Å². The lowest BCUT2D eigenvalue weighted by atomic mass is 10.1. The molecule has 0 bridgehead atoms. The van der Waals surface area contributed by atoms with E-state index in [-0.39, 0.29) is 11.9 Å². The largest absolute Gasteiger partial charge is 0.348 e. The van der Waals surface area contributed by atoms with Crippen molar-refractivity contribution in [3.63, 3.8) is 0 Å². The van der Waals surface area contributed by atoms with Crippen molar-refractivity contribution < 1.29 is 13.2 Å². The molecule has 0 saturated carbocycles. The fraction of sp³-hybridized carbons (Fsp3) is 0.467.